The monoisotopic (exact) mass is 242 g/mol. The van der Waals surface area contributed by atoms with Crippen molar-refractivity contribution in [3.05, 3.63) is 11.8 Å². The van der Waals surface area contributed by atoms with Crippen LogP contribution in [0.4, 0.5) is 0 Å². The number of unbranched alkanes of at least 4 members (excludes halogenated alkanes) is 4. The highest BCUT2D eigenvalue weighted by Crippen LogP contribution is 2.21. The van der Waals surface area contributed by atoms with E-state index in [0.717, 1.165) is 31.3 Å². The van der Waals surface area contributed by atoms with Gasteiger partial charge in [0.2, 0.25) is 0 Å². The van der Waals surface area contributed by atoms with Crippen molar-refractivity contribution in [1.29, 1.82) is 0 Å². The molecule has 0 aliphatic heterocycles. The summed E-state index contributed by atoms with van der Waals surface area (Å²) < 4.78 is 0. The van der Waals surface area contributed by atoms with Crippen LogP contribution in [-0.4, -0.2) is 16.8 Å². The molecule has 2 nitrogen and oxygen atoms in total. The highest BCUT2D eigenvalue weighted by atomic mass is 16.3. The molecular formula is C15H30O2. The lowest BCUT2D eigenvalue weighted by Gasteiger charge is -2.15. The zero-order chi connectivity index (χ0) is 12.9. The summed E-state index contributed by atoms with van der Waals surface area (Å²) in [7, 11) is 0. The third-order valence-corrected chi connectivity index (χ3v) is 3.31. The molecule has 0 heterocycles. The van der Waals surface area contributed by atoms with Crippen molar-refractivity contribution >= 4 is 0 Å². The highest BCUT2D eigenvalue weighted by Gasteiger charge is 2.10. The van der Waals surface area contributed by atoms with Crippen LogP contribution < -0.4 is 0 Å². The predicted octanol–water partition coefficient (Wildman–Crippen LogP) is 4.59. The van der Waals surface area contributed by atoms with E-state index in [2.05, 4.69) is 13.8 Å². The van der Waals surface area contributed by atoms with E-state index in [4.69, 9.17) is 0 Å². The molecule has 0 fully saturated rings. The van der Waals surface area contributed by atoms with Crippen LogP contribution in [0.1, 0.15) is 71.6 Å². The van der Waals surface area contributed by atoms with Gasteiger partial charge >= 0.3 is 0 Å². The van der Waals surface area contributed by atoms with Crippen LogP contribution in [0.5, 0.6) is 0 Å². The molecule has 0 aromatic carbocycles. The van der Waals surface area contributed by atoms with Gasteiger partial charge in [0.1, 0.15) is 0 Å². The largest absolute Gasteiger partial charge is 0.516 e. The van der Waals surface area contributed by atoms with Crippen LogP contribution in [0.25, 0.3) is 0 Å². The Morgan fingerprint density at radius 2 is 1.71 bits per heavy atom. The number of rotatable bonds is 11. The van der Waals surface area contributed by atoms with Crippen molar-refractivity contribution in [3.63, 3.8) is 0 Å². The number of aliphatic hydroxyl groups excluding tert-OH is 2. The SMILES string of the molecule is CCCCCC(=CO)CC(CO)CCCCC. The molecule has 0 bridgehead atoms. The fraction of sp³-hybridized carbons (Fsp3) is 0.867. The minimum Gasteiger partial charge on any atom is -0.516 e. The molecule has 0 rings (SSSR count). The van der Waals surface area contributed by atoms with E-state index in [1.54, 1.807) is 0 Å². The number of aliphatic hydroxyl groups is 2. The van der Waals surface area contributed by atoms with E-state index in [0.29, 0.717) is 5.92 Å². The minimum atomic E-state index is 0.245. The first kappa shape index (κ1) is 16.5. The molecule has 0 saturated carbocycles. The number of allylic oxidation sites excluding steroid dienone is 1. The Morgan fingerprint density at radius 1 is 1.06 bits per heavy atom. The van der Waals surface area contributed by atoms with Gasteiger partial charge in [-0.15, -0.1) is 0 Å². The molecule has 17 heavy (non-hydrogen) atoms. The van der Waals surface area contributed by atoms with Gasteiger partial charge in [0, 0.05) is 6.61 Å². The Kier molecular flexibility index (Phi) is 11.6. The maximum atomic E-state index is 9.33. The molecule has 102 valence electrons. The van der Waals surface area contributed by atoms with Crippen LogP contribution in [0, 0.1) is 5.92 Å². The first-order chi connectivity index (χ1) is 8.28. The molecule has 0 amide bonds. The smallest absolute Gasteiger partial charge is 0.0783 e. The molecule has 1 atom stereocenters. The Balaban J connectivity index is 3.87. The average Bonchev–Trinajstić information content (AvgIpc) is 2.36. The van der Waals surface area contributed by atoms with E-state index in [1.807, 2.05) is 0 Å². The summed E-state index contributed by atoms with van der Waals surface area (Å²) in [6.07, 6.45) is 11.4. The molecule has 1 unspecified atom stereocenters. The van der Waals surface area contributed by atoms with Gasteiger partial charge in [-0.25, -0.2) is 0 Å². The van der Waals surface area contributed by atoms with Crippen LogP contribution in [0.3, 0.4) is 0 Å². The van der Waals surface area contributed by atoms with E-state index >= 15 is 0 Å². The normalized spacial score (nSPS) is 13.9. The summed E-state index contributed by atoms with van der Waals surface area (Å²) in [6.45, 7) is 4.62. The fourth-order valence-electron chi connectivity index (χ4n) is 2.13. The first-order valence-electron chi connectivity index (χ1n) is 7.21. The standard InChI is InChI=1S/C15H30O2/c1-3-5-7-9-14(12-16)11-15(13-17)10-8-6-4-2/h12,15-17H,3-11,13H2,1-2H3. The second-order valence-electron chi connectivity index (χ2n) is 4.99. The van der Waals surface area contributed by atoms with Gasteiger partial charge in [-0.3, -0.25) is 0 Å². The maximum Gasteiger partial charge on any atom is 0.0783 e. The van der Waals surface area contributed by atoms with Crippen molar-refractivity contribution in [2.45, 2.75) is 71.6 Å². The Bertz CT molecular complexity index is 187. The van der Waals surface area contributed by atoms with Crippen LogP contribution in [0.2, 0.25) is 0 Å². The maximum absolute atomic E-state index is 9.33. The molecule has 0 aromatic heterocycles. The first-order valence-corrected chi connectivity index (χ1v) is 7.21. The molecule has 0 spiro atoms. The van der Waals surface area contributed by atoms with Gasteiger partial charge in [0.25, 0.3) is 0 Å². The number of hydrogen-bond acceptors (Lipinski definition) is 2. The second-order valence-corrected chi connectivity index (χ2v) is 4.99. The van der Waals surface area contributed by atoms with Gasteiger partial charge in [-0.1, -0.05) is 46.0 Å². The summed E-state index contributed by atoms with van der Waals surface area (Å²) in [5.41, 5.74) is 1.11. The average molecular weight is 242 g/mol. The molecule has 2 heteroatoms. The summed E-state index contributed by atoms with van der Waals surface area (Å²) in [6, 6.07) is 0. The molecule has 0 radical (unpaired) electrons. The lowest BCUT2D eigenvalue weighted by Crippen LogP contribution is -2.07. The lowest BCUT2D eigenvalue weighted by molar-refractivity contribution is 0.213. The van der Waals surface area contributed by atoms with E-state index < -0.39 is 0 Å². The van der Waals surface area contributed by atoms with Crippen LogP contribution in [0.15, 0.2) is 11.8 Å². The summed E-state index contributed by atoms with van der Waals surface area (Å²) in [5.74, 6) is 0.335. The predicted molar refractivity (Wildman–Crippen MR) is 74.2 cm³/mol. The Hall–Kier alpha value is -0.500. The minimum absolute atomic E-state index is 0.245. The van der Waals surface area contributed by atoms with Gasteiger partial charge < -0.3 is 10.2 Å². The van der Waals surface area contributed by atoms with Crippen LogP contribution >= 0.6 is 0 Å². The zero-order valence-corrected chi connectivity index (χ0v) is 11.6. The molecule has 0 aliphatic rings. The third kappa shape index (κ3) is 9.22. The third-order valence-electron chi connectivity index (χ3n) is 3.31. The molecule has 0 saturated heterocycles. The molecule has 2 N–H and O–H groups in total. The highest BCUT2D eigenvalue weighted by molar-refractivity contribution is 4.98. The van der Waals surface area contributed by atoms with Gasteiger partial charge in [-0.05, 0) is 37.2 Å². The summed E-state index contributed by atoms with van der Waals surface area (Å²) in [5, 5.41) is 18.5. The van der Waals surface area contributed by atoms with Gasteiger partial charge in [-0.2, -0.15) is 0 Å². The molecule has 0 aromatic rings. The quantitative estimate of drug-likeness (QED) is 0.411. The van der Waals surface area contributed by atoms with Crippen molar-refractivity contribution in [3.8, 4) is 0 Å². The van der Waals surface area contributed by atoms with E-state index in [9.17, 15) is 10.2 Å². The van der Waals surface area contributed by atoms with Gasteiger partial charge in [0.05, 0.1) is 6.26 Å². The Labute approximate surface area is 107 Å². The van der Waals surface area contributed by atoms with Crippen molar-refractivity contribution in [2.75, 3.05) is 6.61 Å². The lowest BCUT2D eigenvalue weighted by atomic mass is 9.92. The van der Waals surface area contributed by atoms with Crippen molar-refractivity contribution in [2.24, 2.45) is 5.92 Å². The summed E-state index contributed by atoms with van der Waals surface area (Å²) in [4.78, 5) is 0. The van der Waals surface area contributed by atoms with E-state index in [-0.39, 0.29) is 6.61 Å². The van der Waals surface area contributed by atoms with E-state index in [1.165, 1.54) is 38.4 Å². The van der Waals surface area contributed by atoms with Crippen LogP contribution in [-0.2, 0) is 0 Å². The fourth-order valence-corrected chi connectivity index (χ4v) is 2.13. The van der Waals surface area contributed by atoms with Crippen molar-refractivity contribution in [1.82, 2.24) is 0 Å². The molecular weight excluding hydrogens is 212 g/mol. The summed E-state index contributed by atoms with van der Waals surface area (Å²) >= 11 is 0. The zero-order valence-electron chi connectivity index (χ0n) is 11.6. The second kappa shape index (κ2) is 12.0. The van der Waals surface area contributed by atoms with Gasteiger partial charge in [0.15, 0.2) is 0 Å². The topological polar surface area (TPSA) is 40.5 Å². The molecule has 0 aliphatic carbocycles. The Morgan fingerprint density at radius 3 is 2.24 bits per heavy atom. The van der Waals surface area contributed by atoms with Crippen molar-refractivity contribution < 1.29 is 10.2 Å². The number of hydrogen-bond donors (Lipinski definition) is 2.